The molecule has 1 saturated carbocycles. The molecule has 1 atom stereocenters. The van der Waals surface area contributed by atoms with Crippen LogP contribution in [0.15, 0.2) is 23.1 Å². The first-order valence-electron chi connectivity index (χ1n) is 10.2. The van der Waals surface area contributed by atoms with E-state index in [4.69, 9.17) is 21.1 Å². The lowest BCUT2D eigenvalue weighted by molar-refractivity contribution is -0.122. The van der Waals surface area contributed by atoms with Crippen molar-refractivity contribution in [3.63, 3.8) is 0 Å². The third-order valence-corrected chi connectivity index (χ3v) is 7.75. The van der Waals surface area contributed by atoms with Crippen molar-refractivity contribution in [2.45, 2.75) is 62.0 Å². The standard InChI is InChI=1S/C20H29ClN2O5S/c1-27-19-10-9-17(12-18(19)21)29(25,26)23(15-6-3-2-4-7-15)14-20(24)22-13-16-8-5-11-28-16/h9-10,12,15-16H,2-8,11,13-14H2,1H3,(H,22,24). The van der Waals surface area contributed by atoms with Crippen LogP contribution < -0.4 is 10.1 Å². The number of nitrogens with zero attached hydrogens (tertiary/aromatic N) is 1. The Labute approximate surface area is 177 Å². The van der Waals surface area contributed by atoms with Crippen molar-refractivity contribution in [2.24, 2.45) is 0 Å². The summed E-state index contributed by atoms with van der Waals surface area (Å²) >= 11 is 6.15. The van der Waals surface area contributed by atoms with E-state index in [2.05, 4.69) is 5.32 Å². The Bertz CT molecular complexity index is 805. The van der Waals surface area contributed by atoms with Crippen molar-refractivity contribution in [1.82, 2.24) is 9.62 Å². The van der Waals surface area contributed by atoms with E-state index in [1.807, 2.05) is 0 Å². The van der Waals surface area contributed by atoms with Crippen molar-refractivity contribution in [2.75, 3.05) is 26.8 Å². The summed E-state index contributed by atoms with van der Waals surface area (Å²) in [6.07, 6.45) is 6.42. The molecule has 2 fully saturated rings. The van der Waals surface area contributed by atoms with Gasteiger partial charge >= 0.3 is 0 Å². The summed E-state index contributed by atoms with van der Waals surface area (Å²) < 4.78 is 38.8. The van der Waals surface area contributed by atoms with Gasteiger partial charge in [0.2, 0.25) is 15.9 Å². The van der Waals surface area contributed by atoms with Crippen LogP contribution in [0.4, 0.5) is 0 Å². The van der Waals surface area contributed by atoms with E-state index in [0.29, 0.717) is 18.9 Å². The highest BCUT2D eigenvalue weighted by Crippen LogP contribution is 2.31. The van der Waals surface area contributed by atoms with Gasteiger partial charge in [-0.15, -0.1) is 0 Å². The second-order valence-corrected chi connectivity index (χ2v) is 9.88. The molecule has 0 spiro atoms. The van der Waals surface area contributed by atoms with Crippen LogP contribution in [-0.2, 0) is 19.6 Å². The molecule has 0 bridgehead atoms. The van der Waals surface area contributed by atoms with Gasteiger partial charge in [0, 0.05) is 19.2 Å². The Morgan fingerprint density at radius 3 is 2.62 bits per heavy atom. The average Bonchev–Trinajstić information content (AvgIpc) is 3.24. The number of ether oxygens (including phenoxy) is 2. The molecular formula is C20H29ClN2O5S. The molecule has 1 unspecified atom stereocenters. The maximum Gasteiger partial charge on any atom is 0.243 e. The van der Waals surface area contributed by atoms with Crippen LogP contribution in [0, 0.1) is 0 Å². The Balaban J connectivity index is 1.78. The summed E-state index contributed by atoms with van der Waals surface area (Å²) in [6, 6.07) is 4.20. The van der Waals surface area contributed by atoms with Crippen LogP contribution in [0.2, 0.25) is 5.02 Å². The van der Waals surface area contributed by atoms with E-state index in [1.165, 1.54) is 29.6 Å². The molecular weight excluding hydrogens is 416 g/mol. The van der Waals surface area contributed by atoms with Gasteiger partial charge in [0.1, 0.15) is 5.75 Å². The van der Waals surface area contributed by atoms with Crippen LogP contribution in [0.25, 0.3) is 0 Å². The maximum absolute atomic E-state index is 13.4. The molecule has 1 N–H and O–H groups in total. The van der Waals surface area contributed by atoms with E-state index in [9.17, 15) is 13.2 Å². The van der Waals surface area contributed by atoms with Crippen LogP contribution in [-0.4, -0.2) is 57.6 Å². The van der Waals surface area contributed by atoms with Gasteiger partial charge in [0.05, 0.1) is 29.7 Å². The van der Waals surface area contributed by atoms with Gasteiger partial charge in [-0.2, -0.15) is 4.31 Å². The monoisotopic (exact) mass is 444 g/mol. The molecule has 1 aromatic rings. The van der Waals surface area contributed by atoms with Gasteiger partial charge in [-0.3, -0.25) is 4.79 Å². The molecule has 9 heteroatoms. The second-order valence-electron chi connectivity index (χ2n) is 7.58. The minimum absolute atomic E-state index is 0.0130. The predicted molar refractivity (Wildman–Crippen MR) is 111 cm³/mol. The fraction of sp³-hybridized carbons (Fsp3) is 0.650. The smallest absolute Gasteiger partial charge is 0.243 e. The van der Waals surface area contributed by atoms with Crippen LogP contribution in [0.1, 0.15) is 44.9 Å². The highest BCUT2D eigenvalue weighted by atomic mass is 35.5. The number of sulfonamides is 1. The lowest BCUT2D eigenvalue weighted by Gasteiger charge is -2.33. The zero-order chi connectivity index (χ0) is 20.9. The van der Waals surface area contributed by atoms with Gasteiger partial charge in [0.15, 0.2) is 0 Å². The summed E-state index contributed by atoms with van der Waals surface area (Å²) in [4.78, 5) is 12.6. The largest absolute Gasteiger partial charge is 0.495 e. The Kier molecular flexibility index (Phi) is 7.79. The third kappa shape index (κ3) is 5.63. The number of carbonyl (C=O) groups excluding carboxylic acids is 1. The predicted octanol–water partition coefficient (Wildman–Crippen LogP) is 2.97. The molecule has 1 aliphatic heterocycles. The number of amides is 1. The van der Waals surface area contributed by atoms with E-state index in [0.717, 1.165) is 44.9 Å². The number of rotatable bonds is 8. The number of carbonyl (C=O) groups is 1. The fourth-order valence-electron chi connectivity index (χ4n) is 3.95. The van der Waals surface area contributed by atoms with Gasteiger partial charge in [-0.25, -0.2) is 8.42 Å². The lowest BCUT2D eigenvalue weighted by Crippen LogP contribution is -2.47. The number of halogens is 1. The minimum Gasteiger partial charge on any atom is -0.495 e. The Hall–Kier alpha value is -1.35. The number of hydrogen-bond donors (Lipinski definition) is 1. The van der Waals surface area contributed by atoms with Gasteiger partial charge in [-0.1, -0.05) is 30.9 Å². The topological polar surface area (TPSA) is 84.9 Å². The van der Waals surface area contributed by atoms with Crippen molar-refractivity contribution in [3.8, 4) is 5.75 Å². The summed E-state index contributed by atoms with van der Waals surface area (Å²) in [5.74, 6) is 0.0957. The summed E-state index contributed by atoms with van der Waals surface area (Å²) in [5.41, 5.74) is 0. The molecule has 3 rings (SSSR count). The zero-order valence-corrected chi connectivity index (χ0v) is 18.3. The van der Waals surface area contributed by atoms with Crippen molar-refractivity contribution >= 4 is 27.5 Å². The van der Waals surface area contributed by atoms with Crippen LogP contribution in [0.3, 0.4) is 0 Å². The van der Waals surface area contributed by atoms with E-state index >= 15 is 0 Å². The Morgan fingerprint density at radius 2 is 2.00 bits per heavy atom. The maximum atomic E-state index is 13.4. The molecule has 2 aliphatic rings. The first-order valence-corrected chi connectivity index (χ1v) is 12.0. The summed E-state index contributed by atoms with van der Waals surface area (Å²) in [5, 5.41) is 3.05. The molecule has 0 radical (unpaired) electrons. The van der Waals surface area contributed by atoms with Crippen molar-refractivity contribution in [3.05, 3.63) is 23.2 Å². The third-order valence-electron chi connectivity index (χ3n) is 5.56. The molecule has 29 heavy (non-hydrogen) atoms. The summed E-state index contributed by atoms with van der Waals surface area (Å²) in [7, 11) is -2.41. The van der Waals surface area contributed by atoms with Crippen LogP contribution in [0.5, 0.6) is 5.75 Å². The van der Waals surface area contributed by atoms with E-state index in [-0.39, 0.29) is 34.5 Å². The minimum atomic E-state index is -3.88. The molecule has 1 amide bonds. The van der Waals surface area contributed by atoms with Crippen molar-refractivity contribution < 1.29 is 22.7 Å². The van der Waals surface area contributed by atoms with Crippen LogP contribution >= 0.6 is 11.6 Å². The normalized spacial score (nSPS) is 20.7. The van der Waals surface area contributed by atoms with E-state index < -0.39 is 10.0 Å². The Morgan fingerprint density at radius 1 is 1.24 bits per heavy atom. The average molecular weight is 445 g/mol. The van der Waals surface area contributed by atoms with Gasteiger partial charge in [0.25, 0.3) is 0 Å². The molecule has 1 heterocycles. The molecule has 7 nitrogen and oxygen atoms in total. The number of methoxy groups -OCH3 is 1. The van der Waals surface area contributed by atoms with Crippen molar-refractivity contribution in [1.29, 1.82) is 0 Å². The molecule has 1 saturated heterocycles. The fourth-order valence-corrected chi connectivity index (χ4v) is 5.94. The molecule has 0 aromatic heterocycles. The molecule has 1 aromatic carbocycles. The highest BCUT2D eigenvalue weighted by Gasteiger charge is 2.34. The summed E-state index contributed by atoms with van der Waals surface area (Å²) in [6.45, 7) is 0.913. The first-order chi connectivity index (χ1) is 13.9. The number of benzene rings is 1. The second kappa shape index (κ2) is 10.1. The molecule has 162 valence electrons. The lowest BCUT2D eigenvalue weighted by atomic mass is 9.95. The zero-order valence-electron chi connectivity index (χ0n) is 16.7. The van der Waals surface area contributed by atoms with Gasteiger partial charge < -0.3 is 14.8 Å². The highest BCUT2D eigenvalue weighted by molar-refractivity contribution is 7.89. The molecule has 1 aliphatic carbocycles. The first kappa shape index (κ1) is 22.3. The van der Waals surface area contributed by atoms with Gasteiger partial charge in [-0.05, 0) is 43.9 Å². The quantitative estimate of drug-likeness (QED) is 0.666. The number of hydrogen-bond acceptors (Lipinski definition) is 5. The number of nitrogens with one attached hydrogen (secondary N) is 1. The van der Waals surface area contributed by atoms with E-state index in [1.54, 1.807) is 0 Å². The SMILES string of the molecule is COc1ccc(S(=O)(=O)N(CC(=O)NCC2CCCO2)C2CCCCC2)cc1Cl.